The Balaban J connectivity index is 2.33. The summed E-state index contributed by atoms with van der Waals surface area (Å²) in [6, 6.07) is 7.77. The Kier molecular flexibility index (Phi) is 9.64. The zero-order chi connectivity index (χ0) is 20.3. The molecule has 0 aliphatic carbocycles. The average Bonchev–Trinajstić information content (AvgIpc) is 2.56. The quantitative estimate of drug-likeness (QED) is 0.369. The second-order valence-corrected chi connectivity index (χ2v) is 7.66. The molecule has 1 rings (SSSR count). The Morgan fingerprint density at radius 3 is 2.30 bits per heavy atom. The van der Waals surface area contributed by atoms with Crippen LogP contribution in [-0.4, -0.2) is 63.3 Å². The van der Waals surface area contributed by atoms with Gasteiger partial charge in [0.05, 0.1) is 0 Å². The number of hydrogen-bond donors (Lipinski definition) is 3. The Labute approximate surface area is 163 Å². The number of rotatable bonds is 8. The van der Waals surface area contributed by atoms with Crippen LogP contribution in [0.5, 0.6) is 0 Å². The zero-order valence-electron chi connectivity index (χ0n) is 17.6. The number of carbonyl (C=O) groups excluding carboxylic acids is 1. The molecular weight excluding hydrogens is 342 g/mol. The maximum Gasteiger partial charge on any atom is 0.412 e. The summed E-state index contributed by atoms with van der Waals surface area (Å²) >= 11 is 0. The molecule has 0 unspecified atom stereocenters. The number of aliphatic imine (C=N–C) groups is 1. The van der Waals surface area contributed by atoms with Crippen LogP contribution in [0.15, 0.2) is 29.3 Å². The van der Waals surface area contributed by atoms with E-state index in [9.17, 15) is 4.79 Å². The molecule has 7 nitrogen and oxygen atoms in total. The smallest absolute Gasteiger partial charge is 0.412 e. The van der Waals surface area contributed by atoms with Gasteiger partial charge in [0.15, 0.2) is 5.96 Å². The third kappa shape index (κ3) is 11.1. The van der Waals surface area contributed by atoms with Crippen LogP contribution < -0.4 is 16.0 Å². The molecule has 27 heavy (non-hydrogen) atoms. The lowest BCUT2D eigenvalue weighted by Crippen LogP contribution is -2.39. The highest BCUT2D eigenvalue weighted by Crippen LogP contribution is 2.13. The maximum atomic E-state index is 11.8. The normalized spacial score (nSPS) is 12.0. The number of carbonyl (C=O) groups is 1. The lowest BCUT2D eigenvalue weighted by molar-refractivity contribution is 0.0636. The summed E-state index contributed by atoms with van der Waals surface area (Å²) in [6.45, 7) is 8.25. The molecular formula is C20H35N5O2. The monoisotopic (exact) mass is 377 g/mol. The van der Waals surface area contributed by atoms with Gasteiger partial charge in [-0.15, -0.1) is 0 Å². The lowest BCUT2D eigenvalue weighted by Gasteiger charge is -2.19. The van der Waals surface area contributed by atoms with Crippen molar-refractivity contribution in [2.75, 3.05) is 46.1 Å². The van der Waals surface area contributed by atoms with Crippen LogP contribution in [0.4, 0.5) is 10.5 Å². The van der Waals surface area contributed by atoms with Gasteiger partial charge in [0.2, 0.25) is 0 Å². The molecule has 0 saturated heterocycles. The standard InChI is InChI=1S/C20H35N5O2/c1-20(2,3)27-19(26)24-17-10-8-16(9-11-17)12-14-23-18(21-4)22-13-7-15-25(5)6/h8-11H,7,12-15H2,1-6H3,(H,24,26)(H2,21,22,23). The van der Waals surface area contributed by atoms with Crippen molar-refractivity contribution in [1.29, 1.82) is 0 Å². The molecule has 0 atom stereocenters. The molecule has 1 amide bonds. The maximum absolute atomic E-state index is 11.8. The van der Waals surface area contributed by atoms with E-state index >= 15 is 0 Å². The number of amides is 1. The summed E-state index contributed by atoms with van der Waals surface area (Å²) in [5, 5.41) is 9.36. The fourth-order valence-corrected chi connectivity index (χ4v) is 2.32. The van der Waals surface area contributed by atoms with Crippen molar-refractivity contribution >= 4 is 17.7 Å². The van der Waals surface area contributed by atoms with Crippen molar-refractivity contribution in [3.05, 3.63) is 29.8 Å². The van der Waals surface area contributed by atoms with E-state index in [1.807, 2.05) is 45.0 Å². The van der Waals surface area contributed by atoms with Crippen molar-refractivity contribution in [2.24, 2.45) is 4.99 Å². The van der Waals surface area contributed by atoms with E-state index in [0.29, 0.717) is 0 Å². The molecule has 152 valence electrons. The Morgan fingerprint density at radius 2 is 1.74 bits per heavy atom. The van der Waals surface area contributed by atoms with Crippen molar-refractivity contribution in [1.82, 2.24) is 15.5 Å². The van der Waals surface area contributed by atoms with Gasteiger partial charge in [-0.25, -0.2) is 4.79 Å². The van der Waals surface area contributed by atoms with E-state index in [4.69, 9.17) is 4.74 Å². The highest BCUT2D eigenvalue weighted by Gasteiger charge is 2.16. The first-order valence-electron chi connectivity index (χ1n) is 9.38. The van der Waals surface area contributed by atoms with E-state index in [1.165, 1.54) is 5.56 Å². The summed E-state index contributed by atoms with van der Waals surface area (Å²) in [6.07, 6.45) is 1.49. The number of nitrogens with one attached hydrogen (secondary N) is 3. The van der Waals surface area contributed by atoms with Gasteiger partial charge < -0.3 is 20.3 Å². The van der Waals surface area contributed by atoms with Gasteiger partial charge in [-0.3, -0.25) is 10.3 Å². The van der Waals surface area contributed by atoms with Gasteiger partial charge in [0.25, 0.3) is 0 Å². The van der Waals surface area contributed by atoms with Crippen LogP contribution in [0.2, 0.25) is 0 Å². The van der Waals surface area contributed by atoms with Crippen molar-refractivity contribution in [2.45, 2.75) is 39.2 Å². The molecule has 0 saturated carbocycles. The van der Waals surface area contributed by atoms with E-state index in [1.54, 1.807) is 7.05 Å². The Morgan fingerprint density at radius 1 is 1.11 bits per heavy atom. The minimum absolute atomic E-state index is 0.443. The van der Waals surface area contributed by atoms with Gasteiger partial charge in [-0.2, -0.15) is 0 Å². The number of hydrogen-bond acceptors (Lipinski definition) is 4. The van der Waals surface area contributed by atoms with E-state index in [2.05, 4.69) is 39.9 Å². The molecule has 3 N–H and O–H groups in total. The van der Waals surface area contributed by atoms with Gasteiger partial charge >= 0.3 is 6.09 Å². The summed E-state index contributed by atoms with van der Waals surface area (Å²) in [4.78, 5) is 18.2. The van der Waals surface area contributed by atoms with Gasteiger partial charge in [0, 0.05) is 25.8 Å². The highest BCUT2D eigenvalue weighted by molar-refractivity contribution is 5.84. The number of guanidine groups is 1. The molecule has 7 heteroatoms. The SMILES string of the molecule is CN=C(NCCCN(C)C)NCCc1ccc(NC(=O)OC(C)(C)C)cc1. The molecule has 0 bridgehead atoms. The fourth-order valence-electron chi connectivity index (χ4n) is 2.32. The second-order valence-electron chi connectivity index (χ2n) is 7.66. The molecule has 1 aromatic rings. The zero-order valence-corrected chi connectivity index (χ0v) is 17.6. The third-order valence-electron chi connectivity index (χ3n) is 3.60. The molecule has 0 fully saturated rings. The van der Waals surface area contributed by atoms with Gasteiger partial charge in [-0.05, 0) is 71.9 Å². The molecule has 0 aliphatic heterocycles. The van der Waals surface area contributed by atoms with Crippen LogP contribution in [0.3, 0.4) is 0 Å². The molecule has 1 aromatic carbocycles. The van der Waals surface area contributed by atoms with Crippen LogP contribution in [0.1, 0.15) is 32.8 Å². The summed E-state index contributed by atoms with van der Waals surface area (Å²) < 4.78 is 5.25. The van der Waals surface area contributed by atoms with Crippen LogP contribution in [-0.2, 0) is 11.2 Å². The van der Waals surface area contributed by atoms with E-state index < -0.39 is 11.7 Å². The van der Waals surface area contributed by atoms with Gasteiger partial charge in [-0.1, -0.05) is 12.1 Å². The van der Waals surface area contributed by atoms with E-state index in [-0.39, 0.29) is 0 Å². The highest BCUT2D eigenvalue weighted by atomic mass is 16.6. The fraction of sp³-hybridized carbons (Fsp3) is 0.600. The lowest BCUT2D eigenvalue weighted by atomic mass is 10.1. The number of benzene rings is 1. The van der Waals surface area contributed by atoms with Crippen molar-refractivity contribution < 1.29 is 9.53 Å². The first-order valence-corrected chi connectivity index (χ1v) is 9.38. The number of ether oxygens (including phenoxy) is 1. The molecule has 0 aromatic heterocycles. The Hall–Kier alpha value is -2.28. The number of nitrogens with zero attached hydrogens (tertiary/aromatic N) is 2. The van der Waals surface area contributed by atoms with Crippen LogP contribution >= 0.6 is 0 Å². The minimum Gasteiger partial charge on any atom is -0.444 e. The molecule has 0 aliphatic rings. The summed E-state index contributed by atoms with van der Waals surface area (Å²) in [7, 11) is 5.92. The van der Waals surface area contributed by atoms with Crippen LogP contribution in [0.25, 0.3) is 0 Å². The largest absolute Gasteiger partial charge is 0.444 e. The predicted molar refractivity (Wildman–Crippen MR) is 113 cm³/mol. The second kappa shape index (κ2) is 11.4. The van der Waals surface area contributed by atoms with Crippen LogP contribution in [0, 0.1) is 0 Å². The molecule has 0 radical (unpaired) electrons. The minimum atomic E-state index is -0.505. The van der Waals surface area contributed by atoms with E-state index in [0.717, 1.165) is 44.1 Å². The first kappa shape index (κ1) is 22.8. The number of anilines is 1. The van der Waals surface area contributed by atoms with Crippen molar-refractivity contribution in [3.8, 4) is 0 Å². The van der Waals surface area contributed by atoms with Gasteiger partial charge in [0.1, 0.15) is 5.60 Å². The predicted octanol–water partition coefficient (Wildman–Crippen LogP) is 2.69. The summed E-state index contributed by atoms with van der Waals surface area (Å²) in [5.74, 6) is 0.817. The molecule has 0 heterocycles. The third-order valence-corrected chi connectivity index (χ3v) is 3.60. The Bertz CT molecular complexity index is 591. The first-order chi connectivity index (χ1) is 12.7. The molecule has 0 spiro atoms. The summed E-state index contributed by atoms with van der Waals surface area (Å²) in [5.41, 5.74) is 1.40. The average molecular weight is 378 g/mol. The topological polar surface area (TPSA) is 78.0 Å². The van der Waals surface area contributed by atoms with Crippen molar-refractivity contribution in [3.63, 3.8) is 0 Å².